The van der Waals surface area contributed by atoms with Crippen LogP contribution in [0.25, 0.3) is 0 Å². The standard InChI is InChI=1S/C14H19NO4/c1-15(9-12-10-18-6-7-19-12)8-11-4-2-3-5-13(11)14(16)17/h2-5,12H,6-10H2,1H3,(H,16,17)/t12-/m0/s1. The lowest BCUT2D eigenvalue weighted by Crippen LogP contribution is -2.38. The first-order valence-electron chi connectivity index (χ1n) is 6.36. The molecule has 104 valence electrons. The maximum atomic E-state index is 11.1. The molecule has 1 aromatic rings. The quantitative estimate of drug-likeness (QED) is 0.867. The molecule has 1 N–H and O–H groups in total. The zero-order valence-corrected chi connectivity index (χ0v) is 11.0. The number of carboxylic acid groups (broad SMARTS) is 1. The van der Waals surface area contributed by atoms with Crippen LogP contribution in [0.3, 0.4) is 0 Å². The Morgan fingerprint density at radius 1 is 1.42 bits per heavy atom. The topological polar surface area (TPSA) is 59.0 Å². The number of carbonyl (C=O) groups is 1. The van der Waals surface area contributed by atoms with Crippen molar-refractivity contribution in [3.8, 4) is 0 Å². The lowest BCUT2D eigenvalue weighted by atomic mass is 10.1. The van der Waals surface area contributed by atoms with Crippen molar-refractivity contribution in [1.82, 2.24) is 4.90 Å². The minimum absolute atomic E-state index is 0.0655. The van der Waals surface area contributed by atoms with Gasteiger partial charge < -0.3 is 14.6 Å². The molecular formula is C14H19NO4. The van der Waals surface area contributed by atoms with Crippen LogP contribution in [0.1, 0.15) is 15.9 Å². The Morgan fingerprint density at radius 2 is 2.21 bits per heavy atom. The second-order valence-corrected chi connectivity index (χ2v) is 4.73. The fourth-order valence-electron chi connectivity index (χ4n) is 2.21. The summed E-state index contributed by atoms with van der Waals surface area (Å²) in [6.45, 7) is 3.20. The lowest BCUT2D eigenvalue weighted by Gasteiger charge is -2.27. The third kappa shape index (κ3) is 4.02. The molecule has 1 atom stereocenters. The van der Waals surface area contributed by atoms with Crippen LogP contribution >= 0.6 is 0 Å². The number of ether oxygens (including phenoxy) is 2. The summed E-state index contributed by atoms with van der Waals surface area (Å²) < 4.78 is 10.9. The monoisotopic (exact) mass is 265 g/mol. The molecule has 2 rings (SSSR count). The summed E-state index contributed by atoms with van der Waals surface area (Å²) in [6.07, 6.45) is 0.0655. The zero-order valence-electron chi connectivity index (χ0n) is 11.0. The minimum Gasteiger partial charge on any atom is -0.478 e. The van der Waals surface area contributed by atoms with Crippen LogP contribution in [0.15, 0.2) is 24.3 Å². The summed E-state index contributed by atoms with van der Waals surface area (Å²) in [5, 5.41) is 9.14. The van der Waals surface area contributed by atoms with Crippen LogP contribution in [0.5, 0.6) is 0 Å². The first kappa shape index (κ1) is 14.0. The van der Waals surface area contributed by atoms with Gasteiger partial charge in [0.25, 0.3) is 0 Å². The molecule has 1 fully saturated rings. The molecule has 1 aliphatic heterocycles. The number of nitrogens with zero attached hydrogens (tertiary/aromatic N) is 1. The molecule has 0 unspecified atom stereocenters. The van der Waals surface area contributed by atoms with Gasteiger partial charge in [-0.15, -0.1) is 0 Å². The molecule has 1 aliphatic rings. The normalized spacial score (nSPS) is 19.6. The van der Waals surface area contributed by atoms with Gasteiger partial charge in [-0.2, -0.15) is 0 Å². The van der Waals surface area contributed by atoms with Crippen molar-refractivity contribution in [3.63, 3.8) is 0 Å². The molecule has 0 aliphatic carbocycles. The molecule has 19 heavy (non-hydrogen) atoms. The van der Waals surface area contributed by atoms with E-state index in [-0.39, 0.29) is 6.10 Å². The van der Waals surface area contributed by atoms with Gasteiger partial charge in [0.15, 0.2) is 0 Å². The van der Waals surface area contributed by atoms with E-state index in [0.29, 0.717) is 31.9 Å². The molecule has 0 spiro atoms. The van der Waals surface area contributed by atoms with Crippen molar-refractivity contribution in [2.24, 2.45) is 0 Å². The Hall–Kier alpha value is -1.43. The van der Waals surface area contributed by atoms with Crippen LogP contribution in [0, 0.1) is 0 Å². The second-order valence-electron chi connectivity index (χ2n) is 4.73. The molecule has 0 amide bonds. The summed E-state index contributed by atoms with van der Waals surface area (Å²) in [6, 6.07) is 7.07. The van der Waals surface area contributed by atoms with Crippen LogP contribution in [-0.2, 0) is 16.0 Å². The average Bonchev–Trinajstić information content (AvgIpc) is 2.40. The van der Waals surface area contributed by atoms with Gasteiger partial charge in [-0.25, -0.2) is 4.79 Å². The highest BCUT2D eigenvalue weighted by atomic mass is 16.6. The maximum Gasteiger partial charge on any atom is 0.336 e. The SMILES string of the molecule is CN(Cc1ccccc1C(=O)O)C[C@H]1COCCO1. The highest BCUT2D eigenvalue weighted by Crippen LogP contribution is 2.12. The van der Waals surface area contributed by atoms with E-state index in [4.69, 9.17) is 14.6 Å². The van der Waals surface area contributed by atoms with Crippen molar-refractivity contribution in [3.05, 3.63) is 35.4 Å². The molecule has 0 saturated carbocycles. The Morgan fingerprint density at radius 3 is 2.89 bits per heavy atom. The van der Waals surface area contributed by atoms with Crippen molar-refractivity contribution in [1.29, 1.82) is 0 Å². The van der Waals surface area contributed by atoms with Gasteiger partial charge in [0, 0.05) is 13.1 Å². The summed E-state index contributed by atoms with van der Waals surface area (Å²) >= 11 is 0. The Kier molecular flexibility index (Phi) is 4.90. The lowest BCUT2D eigenvalue weighted by molar-refractivity contribution is -0.0962. The number of benzene rings is 1. The molecule has 0 bridgehead atoms. The van der Waals surface area contributed by atoms with Crippen molar-refractivity contribution in [2.45, 2.75) is 12.6 Å². The molecule has 0 aromatic heterocycles. The predicted octanol–water partition coefficient (Wildman–Crippen LogP) is 1.23. The predicted molar refractivity (Wildman–Crippen MR) is 70.3 cm³/mol. The van der Waals surface area contributed by atoms with E-state index in [1.165, 1.54) is 0 Å². The maximum absolute atomic E-state index is 11.1. The molecular weight excluding hydrogens is 246 g/mol. The van der Waals surface area contributed by atoms with Crippen molar-refractivity contribution in [2.75, 3.05) is 33.4 Å². The van der Waals surface area contributed by atoms with Gasteiger partial charge in [-0.1, -0.05) is 18.2 Å². The largest absolute Gasteiger partial charge is 0.478 e. The van der Waals surface area contributed by atoms with Crippen molar-refractivity contribution >= 4 is 5.97 Å². The molecule has 5 nitrogen and oxygen atoms in total. The molecule has 1 aromatic carbocycles. The summed E-state index contributed by atoms with van der Waals surface area (Å²) in [7, 11) is 1.95. The first-order chi connectivity index (χ1) is 9.16. The smallest absolute Gasteiger partial charge is 0.336 e. The Balaban J connectivity index is 1.94. The highest BCUT2D eigenvalue weighted by molar-refractivity contribution is 5.89. The van der Waals surface area contributed by atoms with Gasteiger partial charge >= 0.3 is 5.97 Å². The van der Waals surface area contributed by atoms with Gasteiger partial charge in [0.1, 0.15) is 0 Å². The van der Waals surface area contributed by atoms with Gasteiger partial charge in [-0.3, -0.25) is 4.90 Å². The van der Waals surface area contributed by atoms with Gasteiger partial charge in [0.05, 0.1) is 31.5 Å². The van der Waals surface area contributed by atoms with E-state index in [0.717, 1.165) is 12.1 Å². The van der Waals surface area contributed by atoms with E-state index in [9.17, 15) is 4.79 Å². The number of carboxylic acids is 1. The minimum atomic E-state index is -0.888. The van der Waals surface area contributed by atoms with E-state index >= 15 is 0 Å². The third-order valence-corrected chi connectivity index (χ3v) is 3.09. The number of hydrogen-bond donors (Lipinski definition) is 1. The fraction of sp³-hybridized carbons (Fsp3) is 0.500. The number of hydrogen-bond acceptors (Lipinski definition) is 4. The molecule has 1 heterocycles. The number of rotatable bonds is 5. The Labute approximate surface area is 112 Å². The summed E-state index contributed by atoms with van der Waals surface area (Å²) in [5.74, 6) is -0.888. The Bertz CT molecular complexity index is 429. The second kappa shape index (κ2) is 6.65. The van der Waals surface area contributed by atoms with Crippen LogP contribution in [-0.4, -0.2) is 55.5 Å². The van der Waals surface area contributed by atoms with Crippen molar-refractivity contribution < 1.29 is 19.4 Å². The zero-order chi connectivity index (χ0) is 13.7. The third-order valence-electron chi connectivity index (χ3n) is 3.09. The molecule has 5 heteroatoms. The van der Waals surface area contributed by atoms with E-state index in [2.05, 4.69) is 4.90 Å². The summed E-state index contributed by atoms with van der Waals surface area (Å²) in [5.41, 5.74) is 1.17. The van der Waals surface area contributed by atoms with Gasteiger partial charge in [-0.05, 0) is 18.7 Å². The average molecular weight is 265 g/mol. The van der Waals surface area contributed by atoms with E-state index in [1.54, 1.807) is 12.1 Å². The van der Waals surface area contributed by atoms with Crippen LogP contribution in [0.2, 0.25) is 0 Å². The highest BCUT2D eigenvalue weighted by Gasteiger charge is 2.17. The fourth-order valence-corrected chi connectivity index (χ4v) is 2.21. The number of likely N-dealkylation sites (N-methyl/N-ethyl adjacent to an activating group) is 1. The van der Waals surface area contributed by atoms with Gasteiger partial charge in [0.2, 0.25) is 0 Å². The molecule has 0 radical (unpaired) electrons. The van der Waals surface area contributed by atoms with E-state index < -0.39 is 5.97 Å². The first-order valence-corrected chi connectivity index (χ1v) is 6.36. The van der Waals surface area contributed by atoms with Crippen LogP contribution in [0.4, 0.5) is 0 Å². The van der Waals surface area contributed by atoms with Crippen LogP contribution < -0.4 is 0 Å². The number of aromatic carboxylic acids is 1. The summed E-state index contributed by atoms with van der Waals surface area (Å²) in [4.78, 5) is 13.2. The molecule has 1 saturated heterocycles. The van der Waals surface area contributed by atoms with E-state index in [1.807, 2.05) is 19.2 Å².